The summed E-state index contributed by atoms with van der Waals surface area (Å²) in [6.45, 7) is 1.96. The average molecular weight is 408 g/mol. The van der Waals surface area contributed by atoms with Gasteiger partial charge in [0.05, 0.1) is 16.2 Å². The third-order valence-electron chi connectivity index (χ3n) is 5.65. The van der Waals surface area contributed by atoms with Crippen molar-refractivity contribution >= 4 is 34.8 Å². The normalized spacial score (nSPS) is 20.0. The van der Waals surface area contributed by atoms with Crippen molar-refractivity contribution in [3.05, 3.63) is 64.2 Å². The van der Waals surface area contributed by atoms with Crippen LogP contribution in [-0.4, -0.2) is 39.8 Å². The fourth-order valence-corrected chi connectivity index (χ4v) is 4.18. The van der Waals surface area contributed by atoms with E-state index in [2.05, 4.69) is 5.32 Å². The van der Waals surface area contributed by atoms with Gasteiger partial charge >= 0.3 is 0 Å². The van der Waals surface area contributed by atoms with Gasteiger partial charge in [-0.2, -0.15) is 0 Å². The summed E-state index contributed by atoms with van der Waals surface area (Å²) in [4.78, 5) is 51.7. The van der Waals surface area contributed by atoms with Crippen molar-refractivity contribution in [2.24, 2.45) is 0 Å². The number of nitrogens with zero attached hydrogens (tertiary/aromatic N) is 3. The lowest BCUT2D eigenvalue weighted by Crippen LogP contribution is -2.62. The highest BCUT2D eigenvalue weighted by Crippen LogP contribution is 2.43. The molecule has 9 heteroatoms. The van der Waals surface area contributed by atoms with Crippen LogP contribution in [0.2, 0.25) is 0 Å². The van der Waals surface area contributed by atoms with Crippen molar-refractivity contribution in [1.29, 1.82) is 0 Å². The number of benzene rings is 2. The van der Waals surface area contributed by atoms with Crippen molar-refractivity contribution < 1.29 is 19.3 Å². The van der Waals surface area contributed by atoms with Crippen molar-refractivity contribution in [1.82, 2.24) is 4.90 Å². The highest BCUT2D eigenvalue weighted by atomic mass is 16.6. The molecule has 2 aromatic rings. The van der Waals surface area contributed by atoms with Crippen molar-refractivity contribution in [3.8, 4) is 0 Å². The first-order valence-corrected chi connectivity index (χ1v) is 9.59. The summed E-state index contributed by atoms with van der Waals surface area (Å²) in [6.07, 6.45) is 0.807. The minimum absolute atomic E-state index is 0.00573. The molecule has 3 amide bonds. The van der Waals surface area contributed by atoms with Gasteiger partial charge in [-0.15, -0.1) is 0 Å². The third kappa shape index (κ3) is 3.18. The van der Waals surface area contributed by atoms with Gasteiger partial charge in [0.1, 0.15) is 5.66 Å². The molecule has 1 saturated heterocycles. The Morgan fingerprint density at radius 1 is 1.20 bits per heavy atom. The highest BCUT2D eigenvalue weighted by molar-refractivity contribution is 6.10. The second-order valence-corrected chi connectivity index (χ2v) is 7.53. The Bertz CT molecular complexity index is 1070. The number of nitro groups is 1. The van der Waals surface area contributed by atoms with Gasteiger partial charge in [-0.05, 0) is 31.5 Å². The number of nitrogens with one attached hydrogen (secondary N) is 1. The number of hydrogen-bond donors (Lipinski definition) is 1. The lowest BCUT2D eigenvalue weighted by Gasteiger charge is -2.48. The Hall–Kier alpha value is -3.75. The van der Waals surface area contributed by atoms with Crippen LogP contribution in [-0.2, 0) is 9.59 Å². The minimum atomic E-state index is -0.825. The number of amides is 3. The zero-order valence-corrected chi connectivity index (χ0v) is 16.3. The molecule has 2 aliphatic rings. The summed E-state index contributed by atoms with van der Waals surface area (Å²) < 4.78 is 0. The Balaban J connectivity index is 1.52. The van der Waals surface area contributed by atoms with Crippen LogP contribution in [0, 0.1) is 10.1 Å². The minimum Gasteiger partial charge on any atom is -0.326 e. The summed E-state index contributed by atoms with van der Waals surface area (Å²) >= 11 is 0. The zero-order chi connectivity index (χ0) is 21.5. The molecule has 1 N–H and O–H groups in total. The summed E-state index contributed by atoms with van der Waals surface area (Å²) in [5.41, 5.74) is 0.402. The number of carbonyl (C=O) groups excluding carboxylic acids is 3. The van der Waals surface area contributed by atoms with E-state index in [9.17, 15) is 24.5 Å². The molecule has 1 atom stereocenters. The fraction of sp³-hybridized carbons (Fsp3) is 0.286. The molecule has 0 spiro atoms. The summed E-state index contributed by atoms with van der Waals surface area (Å²) in [5, 5.41) is 13.5. The van der Waals surface area contributed by atoms with Gasteiger partial charge in [0.2, 0.25) is 11.8 Å². The Labute approximate surface area is 172 Å². The topological polar surface area (TPSA) is 113 Å². The molecule has 0 unspecified atom stereocenters. The number of fused-ring (bicyclic) bond motifs is 3. The molecular formula is C21H20N4O5. The quantitative estimate of drug-likeness (QED) is 0.604. The number of hydrogen-bond acceptors (Lipinski definition) is 5. The maximum absolute atomic E-state index is 13.1. The van der Waals surface area contributed by atoms with Gasteiger partial charge in [0.15, 0.2) is 0 Å². The molecule has 0 bridgehead atoms. The molecule has 2 heterocycles. The van der Waals surface area contributed by atoms with E-state index in [1.165, 1.54) is 18.2 Å². The van der Waals surface area contributed by atoms with E-state index in [1.807, 2.05) is 6.92 Å². The van der Waals surface area contributed by atoms with Gasteiger partial charge in [-0.1, -0.05) is 18.2 Å². The second-order valence-electron chi connectivity index (χ2n) is 7.53. The molecule has 1 fully saturated rings. The molecule has 154 valence electrons. The molecule has 9 nitrogen and oxygen atoms in total. The predicted molar refractivity (Wildman–Crippen MR) is 109 cm³/mol. The summed E-state index contributed by atoms with van der Waals surface area (Å²) in [6, 6.07) is 12.6. The Morgan fingerprint density at radius 3 is 2.73 bits per heavy atom. The van der Waals surface area contributed by atoms with E-state index in [-0.39, 0.29) is 36.4 Å². The van der Waals surface area contributed by atoms with E-state index in [1.54, 1.807) is 40.1 Å². The molecule has 0 radical (unpaired) electrons. The number of nitro benzene ring substituents is 1. The largest absolute Gasteiger partial charge is 0.326 e. The molecule has 2 aromatic carbocycles. The zero-order valence-electron chi connectivity index (χ0n) is 16.3. The monoisotopic (exact) mass is 408 g/mol. The molecular weight excluding hydrogens is 388 g/mol. The smallest absolute Gasteiger partial charge is 0.271 e. The van der Waals surface area contributed by atoms with Crippen LogP contribution in [0.1, 0.15) is 36.5 Å². The lowest BCUT2D eigenvalue weighted by molar-refractivity contribution is -0.384. The summed E-state index contributed by atoms with van der Waals surface area (Å²) in [5.74, 6) is -0.646. The van der Waals surface area contributed by atoms with Gasteiger partial charge < -0.3 is 10.2 Å². The van der Waals surface area contributed by atoms with E-state index in [0.717, 1.165) is 0 Å². The van der Waals surface area contributed by atoms with Crippen LogP contribution in [0.4, 0.5) is 17.1 Å². The summed E-state index contributed by atoms with van der Waals surface area (Å²) in [7, 11) is 0. The van der Waals surface area contributed by atoms with Gasteiger partial charge in [-0.25, -0.2) is 0 Å². The number of non-ortho nitro benzene ring substituents is 1. The first-order valence-electron chi connectivity index (χ1n) is 9.59. The second kappa shape index (κ2) is 7.25. The molecule has 0 saturated carbocycles. The van der Waals surface area contributed by atoms with Gasteiger partial charge in [0, 0.05) is 37.2 Å². The van der Waals surface area contributed by atoms with Crippen molar-refractivity contribution in [3.63, 3.8) is 0 Å². The van der Waals surface area contributed by atoms with E-state index in [4.69, 9.17) is 0 Å². The average Bonchev–Trinajstić information content (AvgIpc) is 3.03. The molecule has 30 heavy (non-hydrogen) atoms. The van der Waals surface area contributed by atoms with E-state index < -0.39 is 10.6 Å². The van der Waals surface area contributed by atoms with E-state index >= 15 is 0 Å². The number of carbonyl (C=O) groups is 3. The molecule has 2 aliphatic heterocycles. The maximum atomic E-state index is 13.1. The SMILES string of the molecule is C[C@]12CCC(=O)N1c1ccccc1C(=O)N2CCC(=O)Nc1cccc([N+](=O)[O-])c1. The third-order valence-corrected chi connectivity index (χ3v) is 5.65. The number of para-hydroxylation sites is 1. The van der Waals surface area contributed by atoms with Crippen molar-refractivity contribution in [2.45, 2.75) is 31.8 Å². The first-order chi connectivity index (χ1) is 14.3. The van der Waals surface area contributed by atoms with Crippen LogP contribution >= 0.6 is 0 Å². The highest BCUT2D eigenvalue weighted by Gasteiger charge is 2.52. The maximum Gasteiger partial charge on any atom is 0.271 e. The molecule has 4 rings (SSSR count). The predicted octanol–water partition coefficient (Wildman–Crippen LogP) is 2.92. The van der Waals surface area contributed by atoms with Crippen LogP contribution in [0.5, 0.6) is 0 Å². The fourth-order valence-electron chi connectivity index (χ4n) is 4.18. The molecule has 0 aliphatic carbocycles. The van der Waals surface area contributed by atoms with Crippen LogP contribution in [0.25, 0.3) is 0 Å². The standard InChI is InChI=1S/C21H20N4O5/c1-21-11-9-19(27)24(21)17-8-3-2-7-16(17)20(28)23(21)12-10-18(26)22-14-5-4-6-15(13-14)25(29)30/h2-8,13H,9-12H2,1H3,(H,22,26)/t21-/m1/s1. The van der Waals surface area contributed by atoms with Crippen LogP contribution < -0.4 is 10.2 Å². The Kier molecular flexibility index (Phi) is 4.73. The van der Waals surface area contributed by atoms with Gasteiger partial charge in [0.25, 0.3) is 11.6 Å². The van der Waals surface area contributed by atoms with Crippen LogP contribution in [0.3, 0.4) is 0 Å². The first kappa shape index (κ1) is 19.6. The van der Waals surface area contributed by atoms with Crippen LogP contribution in [0.15, 0.2) is 48.5 Å². The van der Waals surface area contributed by atoms with Crippen molar-refractivity contribution in [2.75, 3.05) is 16.8 Å². The Morgan fingerprint density at radius 2 is 1.97 bits per heavy atom. The number of anilines is 2. The molecule has 0 aromatic heterocycles. The van der Waals surface area contributed by atoms with Gasteiger partial charge in [-0.3, -0.25) is 29.4 Å². The van der Waals surface area contributed by atoms with E-state index in [0.29, 0.717) is 29.8 Å². The lowest BCUT2D eigenvalue weighted by atomic mass is 9.98. The number of rotatable bonds is 5.